The van der Waals surface area contributed by atoms with Crippen LogP contribution < -0.4 is 0 Å². The number of carbonyl (C=O) groups excluding carboxylic acids is 2. The van der Waals surface area contributed by atoms with E-state index in [0.29, 0.717) is 17.7 Å². The minimum Gasteiger partial charge on any atom is -0.463 e. The van der Waals surface area contributed by atoms with Gasteiger partial charge in [0.05, 0.1) is 12.2 Å². The highest BCUT2D eigenvalue weighted by molar-refractivity contribution is 6.76. The zero-order valence-corrected chi connectivity index (χ0v) is 16.8. The lowest BCUT2D eigenvalue weighted by atomic mass is 9.95. The van der Waals surface area contributed by atoms with E-state index in [2.05, 4.69) is 19.6 Å². The van der Waals surface area contributed by atoms with Gasteiger partial charge in [-0.3, -0.25) is 0 Å². The molecule has 1 unspecified atom stereocenters. The molecule has 0 saturated heterocycles. The van der Waals surface area contributed by atoms with E-state index in [0.717, 1.165) is 6.04 Å². The zero-order valence-electron chi connectivity index (χ0n) is 15.8. The third-order valence-electron chi connectivity index (χ3n) is 4.11. The van der Waals surface area contributed by atoms with Crippen molar-refractivity contribution in [2.75, 3.05) is 6.61 Å². The smallest absolute Gasteiger partial charge is 0.355 e. The fourth-order valence-electron chi connectivity index (χ4n) is 2.38. The Morgan fingerprint density at radius 2 is 1.46 bits per heavy atom. The Kier molecular flexibility index (Phi) is 6.37. The lowest BCUT2D eigenvalue weighted by Crippen LogP contribution is -2.40. The third kappa shape index (κ3) is 5.30. The van der Waals surface area contributed by atoms with Crippen LogP contribution in [0.5, 0.6) is 0 Å². The Labute approximate surface area is 156 Å². The van der Waals surface area contributed by atoms with E-state index in [-0.39, 0.29) is 0 Å². The number of ether oxygens (including phenoxy) is 2. The molecular weight excluding hydrogens is 344 g/mol. The van der Waals surface area contributed by atoms with Crippen molar-refractivity contribution in [3.8, 4) is 0 Å². The Morgan fingerprint density at radius 1 is 0.923 bits per heavy atom. The van der Waals surface area contributed by atoms with Crippen LogP contribution in [0.25, 0.3) is 0 Å². The Hall–Kier alpha value is -2.40. The predicted molar refractivity (Wildman–Crippen MR) is 105 cm³/mol. The lowest BCUT2D eigenvalue weighted by molar-refractivity contribution is -0.165. The van der Waals surface area contributed by atoms with Crippen LogP contribution >= 0.6 is 0 Å². The number of hydrogen-bond acceptors (Lipinski definition) is 4. The summed E-state index contributed by atoms with van der Waals surface area (Å²) in [4.78, 5) is 25.4. The molecule has 5 heteroatoms. The van der Waals surface area contributed by atoms with E-state index < -0.39 is 25.6 Å². The van der Waals surface area contributed by atoms with Crippen LogP contribution in [0.2, 0.25) is 25.7 Å². The monoisotopic (exact) mass is 370 g/mol. The number of benzene rings is 2. The van der Waals surface area contributed by atoms with Crippen molar-refractivity contribution in [2.45, 2.75) is 38.2 Å². The molecule has 0 aliphatic rings. The summed E-state index contributed by atoms with van der Waals surface area (Å²) in [5.41, 5.74) is -0.514. The minimum absolute atomic E-state index is 0.333. The second-order valence-electron chi connectivity index (χ2n) is 7.60. The SMILES string of the molecule is CC(OC(=O)c1ccccc1)(C(=O)OCC[Si](C)(C)C)c1ccccc1. The summed E-state index contributed by atoms with van der Waals surface area (Å²) < 4.78 is 11.1. The van der Waals surface area contributed by atoms with Crippen molar-refractivity contribution in [1.82, 2.24) is 0 Å². The number of esters is 2. The first-order valence-corrected chi connectivity index (χ1v) is 12.4. The summed E-state index contributed by atoms with van der Waals surface area (Å²) in [5, 5.41) is 0. The summed E-state index contributed by atoms with van der Waals surface area (Å²) in [7, 11) is -1.33. The van der Waals surface area contributed by atoms with Gasteiger partial charge in [-0.1, -0.05) is 68.2 Å². The topological polar surface area (TPSA) is 52.6 Å². The van der Waals surface area contributed by atoms with Gasteiger partial charge in [-0.05, 0) is 25.1 Å². The van der Waals surface area contributed by atoms with Crippen molar-refractivity contribution in [2.24, 2.45) is 0 Å². The average Bonchev–Trinajstić information content (AvgIpc) is 2.62. The van der Waals surface area contributed by atoms with Gasteiger partial charge >= 0.3 is 11.9 Å². The summed E-state index contributed by atoms with van der Waals surface area (Å²) in [6.07, 6.45) is 0. The Morgan fingerprint density at radius 3 is 2.00 bits per heavy atom. The minimum atomic E-state index is -1.49. The predicted octanol–water partition coefficient (Wildman–Crippen LogP) is 4.64. The van der Waals surface area contributed by atoms with Crippen molar-refractivity contribution in [3.63, 3.8) is 0 Å². The molecule has 0 aliphatic heterocycles. The maximum atomic E-state index is 12.8. The van der Waals surface area contributed by atoms with E-state index in [1.54, 1.807) is 55.5 Å². The molecule has 0 saturated carbocycles. The normalized spacial score (nSPS) is 13.5. The molecule has 0 spiro atoms. The molecule has 0 radical (unpaired) electrons. The van der Waals surface area contributed by atoms with E-state index in [9.17, 15) is 9.59 Å². The van der Waals surface area contributed by atoms with Gasteiger partial charge in [0, 0.05) is 13.6 Å². The highest BCUT2D eigenvalue weighted by Crippen LogP contribution is 2.28. The fraction of sp³-hybridized carbons (Fsp3) is 0.333. The second-order valence-corrected chi connectivity index (χ2v) is 13.2. The van der Waals surface area contributed by atoms with E-state index in [1.165, 1.54) is 0 Å². The first kappa shape index (κ1) is 19.9. The molecule has 0 fully saturated rings. The molecule has 2 aromatic carbocycles. The molecule has 1 atom stereocenters. The van der Waals surface area contributed by atoms with Crippen molar-refractivity contribution in [1.29, 1.82) is 0 Å². The van der Waals surface area contributed by atoms with Gasteiger partial charge in [0.2, 0.25) is 5.60 Å². The molecule has 0 N–H and O–H groups in total. The molecule has 0 aromatic heterocycles. The average molecular weight is 371 g/mol. The Balaban J connectivity index is 2.22. The van der Waals surface area contributed by atoms with Gasteiger partial charge in [-0.25, -0.2) is 9.59 Å². The van der Waals surface area contributed by atoms with Crippen LogP contribution in [0.3, 0.4) is 0 Å². The van der Waals surface area contributed by atoms with Crippen LogP contribution in [0.1, 0.15) is 22.8 Å². The molecule has 0 amide bonds. The van der Waals surface area contributed by atoms with E-state index in [4.69, 9.17) is 9.47 Å². The van der Waals surface area contributed by atoms with Crippen LogP contribution in [-0.2, 0) is 19.9 Å². The van der Waals surface area contributed by atoms with Crippen LogP contribution in [0.4, 0.5) is 0 Å². The van der Waals surface area contributed by atoms with Gasteiger partial charge in [0.15, 0.2) is 0 Å². The fourth-order valence-corrected chi connectivity index (χ4v) is 3.10. The molecule has 4 nitrogen and oxygen atoms in total. The second kappa shape index (κ2) is 8.32. The molecule has 0 aliphatic carbocycles. The standard InChI is InChI=1S/C21H26O4Si/c1-21(18-13-9-6-10-14-18,20(23)24-15-16-26(2,3)4)25-19(22)17-11-7-5-8-12-17/h5-14H,15-16H2,1-4H3. The van der Waals surface area contributed by atoms with Gasteiger partial charge in [0.1, 0.15) is 0 Å². The highest BCUT2D eigenvalue weighted by Gasteiger charge is 2.41. The molecule has 0 heterocycles. The van der Waals surface area contributed by atoms with Crippen LogP contribution in [0, 0.1) is 0 Å². The molecular formula is C21H26O4Si. The largest absolute Gasteiger partial charge is 0.463 e. The van der Waals surface area contributed by atoms with Crippen molar-refractivity contribution < 1.29 is 19.1 Å². The van der Waals surface area contributed by atoms with E-state index in [1.807, 2.05) is 12.1 Å². The first-order chi connectivity index (χ1) is 12.2. The number of hydrogen-bond donors (Lipinski definition) is 0. The molecule has 2 aromatic rings. The summed E-state index contributed by atoms with van der Waals surface area (Å²) in [5.74, 6) is -1.11. The highest BCUT2D eigenvalue weighted by atomic mass is 28.3. The first-order valence-electron chi connectivity index (χ1n) is 8.73. The number of carbonyl (C=O) groups is 2. The van der Waals surface area contributed by atoms with Crippen molar-refractivity contribution in [3.05, 3.63) is 71.8 Å². The van der Waals surface area contributed by atoms with Crippen LogP contribution in [0.15, 0.2) is 60.7 Å². The van der Waals surface area contributed by atoms with Gasteiger partial charge < -0.3 is 9.47 Å². The zero-order chi connectivity index (χ0) is 19.2. The Bertz CT molecular complexity index is 738. The van der Waals surface area contributed by atoms with Gasteiger partial charge in [-0.2, -0.15) is 0 Å². The summed E-state index contributed by atoms with van der Waals surface area (Å²) in [6.45, 7) is 8.56. The van der Waals surface area contributed by atoms with E-state index >= 15 is 0 Å². The maximum Gasteiger partial charge on any atom is 0.355 e. The van der Waals surface area contributed by atoms with Crippen LogP contribution in [-0.4, -0.2) is 26.6 Å². The lowest BCUT2D eigenvalue weighted by Gasteiger charge is -2.28. The maximum absolute atomic E-state index is 12.8. The summed E-state index contributed by atoms with van der Waals surface area (Å²) in [6, 6.07) is 18.5. The third-order valence-corrected chi connectivity index (χ3v) is 5.81. The molecule has 0 bridgehead atoms. The number of rotatable bonds is 7. The quantitative estimate of drug-likeness (QED) is 0.526. The van der Waals surface area contributed by atoms with Gasteiger partial charge in [-0.15, -0.1) is 0 Å². The van der Waals surface area contributed by atoms with Crippen molar-refractivity contribution >= 4 is 20.0 Å². The molecule has 2 rings (SSSR count). The summed E-state index contributed by atoms with van der Waals surface area (Å²) >= 11 is 0. The molecule has 26 heavy (non-hydrogen) atoms. The molecule has 138 valence electrons. The van der Waals surface area contributed by atoms with Gasteiger partial charge in [0.25, 0.3) is 0 Å².